The first-order valence-electron chi connectivity index (χ1n) is 9.70. The zero-order chi connectivity index (χ0) is 19.3. The second-order valence-electron chi connectivity index (χ2n) is 7.31. The summed E-state index contributed by atoms with van der Waals surface area (Å²) >= 11 is 0. The average molecular weight is 378 g/mol. The molecule has 2 saturated heterocycles. The fraction of sp³-hybridized carbons (Fsp3) is 0.333. The molecular weight excluding hydrogens is 352 g/mol. The topological polar surface area (TPSA) is 47.9 Å². The van der Waals surface area contributed by atoms with Crippen molar-refractivity contribution < 1.29 is 19.3 Å². The van der Waals surface area contributed by atoms with Crippen molar-refractivity contribution in [1.82, 2.24) is 0 Å². The standard InChI is InChI=1S/C24H26O4/c1-26-22-12-8-18(9-13-22)7-11-21-16-28-23-20(15-27-24(21)23)10-6-17-2-4-19(14-25)5-3-17/h2-13,20-21,23-25H,14-16H2,1H3/t20-,21-,23-,24-/m1/s1. The van der Waals surface area contributed by atoms with Crippen LogP contribution in [0.5, 0.6) is 5.75 Å². The monoisotopic (exact) mass is 378 g/mol. The van der Waals surface area contributed by atoms with Crippen molar-refractivity contribution in [2.24, 2.45) is 11.8 Å². The summed E-state index contributed by atoms with van der Waals surface area (Å²) in [5, 5.41) is 9.14. The molecule has 2 aliphatic heterocycles. The first kappa shape index (κ1) is 18.9. The van der Waals surface area contributed by atoms with Crippen molar-refractivity contribution in [3.8, 4) is 5.75 Å². The Morgan fingerprint density at radius 2 is 1.36 bits per heavy atom. The van der Waals surface area contributed by atoms with Crippen LogP contribution in [0.1, 0.15) is 16.7 Å². The molecule has 0 aliphatic carbocycles. The Kier molecular flexibility index (Phi) is 5.91. The van der Waals surface area contributed by atoms with Crippen LogP contribution in [0.3, 0.4) is 0 Å². The lowest BCUT2D eigenvalue weighted by atomic mass is 9.95. The van der Waals surface area contributed by atoms with Gasteiger partial charge in [-0.1, -0.05) is 60.7 Å². The van der Waals surface area contributed by atoms with E-state index >= 15 is 0 Å². The highest BCUT2D eigenvalue weighted by Gasteiger charge is 2.45. The largest absolute Gasteiger partial charge is 0.497 e. The Hall–Kier alpha value is -2.40. The summed E-state index contributed by atoms with van der Waals surface area (Å²) in [6.07, 6.45) is 8.85. The van der Waals surface area contributed by atoms with Crippen molar-refractivity contribution in [2.45, 2.75) is 18.8 Å². The molecule has 28 heavy (non-hydrogen) atoms. The first-order valence-corrected chi connectivity index (χ1v) is 9.70. The van der Waals surface area contributed by atoms with Crippen LogP contribution in [0, 0.1) is 11.8 Å². The summed E-state index contributed by atoms with van der Waals surface area (Å²) in [5.74, 6) is 1.40. The number of rotatable bonds is 6. The molecule has 0 bridgehead atoms. The minimum atomic E-state index is 0.0729. The molecule has 2 aliphatic rings. The number of methoxy groups -OCH3 is 1. The first-order chi connectivity index (χ1) is 13.8. The number of hydrogen-bond acceptors (Lipinski definition) is 4. The number of ether oxygens (including phenoxy) is 3. The molecular formula is C24H26O4. The van der Waals surface area contributed by atoms with Crippen LogP contribution in [0.2, 0.25) is 0 Å². The normalized spacial score (nSPS) is 26.9. The van der Waals surface area contributed by atoms with Gasteiger partial charge >= 0.3 is 0 Å². The highest BCUT2D eigenvalue weighted by molar-refractivity contribution is 5.52. The predicted octanol–water partition coefficient (Wildman–Crippen LogP) is 3.94. The molecule has 0 spiro atoms. The van der Waals surface area contributed by atoms with Gasteiger partial charge in [0.2, 0.25) is 0 Å². The maximum Gasteiger partial charge on any atom is 0.118 e. The van der Waals surface area contributed by atoms with E-state index in [2.05, 4.69) is 24.3 Å². The zero-order valence-electron chi connectivity index (χ0n) is 16.0. The molecule has 0 saturated carbocycles. The van der Waals surface area contributed by atoms with E-state index in [-0.39, 0.29) is 30.7 Å². The van der Waals surface area contributed by atoms with Crippen molar-refractivity contribution in [3.05, 3.63) is 77.4 Å². The fourth-order valence-electron chi connectivity index (χ4n) is 3.81. The molecule has 4 atom stereocenters. The molecule has 4 heteroatoms. The van der Waals surface area contributed by atoms with Crippen molar-refractivity contribution >= 4 is 12.2 Å². The number of fused-ring (bicyclic) bond motifs is 1. The summed E-state index contributed by atoms with van der Waals surface area (Å²) in [6, 6.07) is 16.0. The molecule has 1 N–H and O–H groups in total. The van der Waals surface area contributed by atoms with E-state index in [1.807, 2.05) is 48.5 Å². The van der Waals surface area contributed by atoms with Crippen LogP contribution in [-0.4, -0.2) is 37.6 Å². The van der Waals surface area contributed by atoms with Gasteiger partial charge in [-0.15, -0.1) is 0 Å². The molecule has 4 nitrogen and oxygen atoms in total. The molecule has 2 fully saturated rings. The van der Waals surface area contributed by atoms with E-state index in [0.29, 0.717) is 13.2 Å². The lowest BCUT2D eigenvalue weighted by molar-refractivity contribution is 0.0658. The third-order valence-corrected chi connectivity index (χ3v) is 5.48. The van der Waals surface area contributed by atoms with Gasteiger partial charge in [-0.2, -0.15) is 0 Å². The zero-order valence-corrected chi connectivity index (χ0v) is 16.0. The van der Waals surface area contributed by atoms with Crippen molar-refractivity contribution in [2.75, 3.05) is 20.3 Å². The highest BCUT2D eigenvalue weighted by atomic mass is 16.6. The van der Waals surface area contributed by atoms with E-state index < -0.39 is 0 Å². The van der Waals surface area contributed by atoms with Gasteiger partial charge in [-0.25, -0.2) is 0 Å². The van der Waals surface area contributed by atoms with Crippen LogP contribution < -0.4 is 4.74 Å². The maximum absolute atomic E-state index is 9.14. The van der Waals surface area contributed by atoms with E-state index in [1.165, 1.54) is 0 Å². The molecule has 146 valence electrons. The maximum atomic E-state index is 9.14. The Labute approximate surface area is 166 Å². The molecule has 2 heterocycles. The second kappa shape index (κ2) is 8.74. The summed E-state index contributed by atoms with van der Waals surface area (Å²) < 4.78 is 17.3. The predicted molar refractivity (Wildman–Crippen MR) is 110 cm³/mol. The molecule has 0 aromatic heterocycles. The van der Waals surface area contributed by atoms with Gasteiger partial charge < -0.3 is 19.3 Å². The number of aliphatic hydroxyl groups excluding tert-OH is 1. The summed E-state index contributed by atoms with van der Waals surface area (Å²) in [4.78, 5) is 0. The van der Waals surface area contributed by atoms with Gasteiger partial charge in [-0.3, -0.25) is 0 Å². The van der Waals surface area contributed by atoms with E-state index in [1.54, 1.807) is 7.11 Å². The third kappa shape index (κ3) is 4.20. The van der Waals surface area contributed by atoms with Crippen LogP contribution >= 0.6 is 0 Å². The van der Waals surface area contributed by atoms with E-state index in [4.69, 9.17) is 19.3 Å². The molecule has 4 rings (SSSR count). The van der Waals surface area contributed by atoms with Crippen molar-refractivity contribution in [3.63, 3.8) is 0 Å². The Balaban J connectivity index is 1.36. The highest BCUT2D eigenvalue weighted by Crippen LogP contribution is 2.36. The molecule has 0 radical (unpaired) electrons. The van der Waals surface area contributed by atoms with Crippen LogP contribution in [0.15, 0.2) is 60.7 Å². The van der Waals surface area contributed by atoms with Gasteiger partial charge in [-0.05, 0) is 28.8 Å². The second-order valence-corrected chi connectivity index (χ2v) is 7.31. The third-order valence-electron chi connectivity index (χ3n) is 5.48. The number of benzene rings is 2. The van der Waals surface area contributed by atoms with E-state index in [0.717, 1.165) is 22.4 Å². The minimum Gasteiger partial charge on any atom is -0.497 e. The van der Waals surface area contributed by atoms with Gasteiger partial charge in [0.25, 0.3) is 0 Å². The molecule has 0 unspecified atom stereocenters. The van der Waals surface area contributed by atoms with Crippen molar-refractivity contribution in [1.29, 1.82) is 0 Å². The molecule has 2 aromatic rings. The van der Waals surface area contributed by atoms with Crippen LogP contribution in [0.25, 0.3) is 12.2 Å². The Bertz CT molecular complexity index is 751. The van der Waals surface area contributed by atoms with Gasteiger partial charge in [0.05, 0.1) is 39.1 Å². The Morgan fingerprint density at radius 3 is 1.82 bits per heavy atom. The lowest BCUT2D eigenvalue weighted by Gasteiger charge is -2.13. The SMILES string of the molecule is COc1ccc(C=C[C@@H]2CO[C@H]3[C@@H]2OC[C@H]3C=Cc2ccc(CO)cc2)cc1. The number of aliphatic hydroxyl groups is 1. The van der Waals surface area contributed by atoms with Crippen LogP contribution in [0.4, 0.5) is 0 Å². The van der Waals surface area contributed by atoms with Gasteiger partial charge in [0, 0.05) is 11.8 Å². The molecule has 2 aromatic carbocycles. The van der Waals surface area contributed by atoms with Gasteiger partial charge in [0.15, 0.2) is 0 Å². The summed E-state index contributed by atoms with van der Waals surface area (Å²) in [6.45, 7) is 1.45. The number of hydrogen-bond donors (Lipinski definition) is 1. The Morgan fingerprint density at radius 1 is 0.857 bits per heavy atom. The fourth-order valence-corrected chi connectivity index (χ4v) is 3.81. The summed E-state index contributed by atoms with van der Waals surface area (Å²) in [7, 11) is 1.67. The van der Waals surface area contributed by atoms with E-state index in [9.17, 15) is 0 Å². The quantitative estimate of drug-likeness (QED) is 0.827. The summed E-state index contributed by atoms with van der Waals surface area (Å²) in [5.41, 5.74) is 3.19. The lowest BCUT2D eigenvalue weighted by Crippen LogP contribution is -2.24. The average Bonchev–Trinajstić information content (AvgIpc) is 3.34. The minimum absolute atomic E-state index is 0.0729. The smallest absolute Gasteiger partial charge is 0.118 e. The van der Waals surface area contributed by atoms with Gasteiger partial charge in [0.1, 0.15) is 5.75 Å². The van der Waals surface area contributed by atoms with Crippen LogP contribution in [-0.2, 0) is 16.1 Å². The molecule has 0 amide bonds.